The normalized spacial score (nSPS) is 9.59. The molecular weight excluding hydrogens is 216 g/mol. The van der Waals surface area contributed by atoms with Gasteiger partial charge in [0.05, 0.1) is 11.3 Å². The van der Waals surface area contributed by atoms with Crippen molar-refractivity contribution in [3.8, 4) is 0 Å². The second-order valence-electron chi connectivity index (χ2n) is 3.86. The van der Waals surface area contributed by atoms with Crippen LogP contribution in [-0.4, -0.2) is 29.8 Å². The van der Waals surface area contributed by atoms with Crippen molar-refractivity contribution in [2.75, 3.05) is 7.05 Å². The summed E-state index contributed by atoms with van der Waals surface area (Å²) in [5, 5.41) is 14.6. The van der Waals surface area contributed by atoms with Crippen LogP contribution in [-0.2, 0) is 0 Å². The molecule has 1 aromatic carbocycles. The van der Waals surface area contributed by atoms with Crippen molar-refractivity contribution in [3.05, 3.63) is 41.0 Å². The van der Waals surface area contributed by atoms with Crippen LogP contribution in [0.5, 0.6) is 0 Å². The highest BCUT2D eigenvalue weighted by atomic mass is 16.4. The zero-order valence-corrected chi connectivity index (χ0v) is 10.3. The maximum Gasteiger partial charge on any atom is 0.336 e. The molecule has 1 rings (SSSR count). The molecule has 0 atom stereocenters. The lowest BCUT2D eigenvalue weighted by atomic mass is 10.0. The van der Waals surface area contributed by atoms with Crippen LogP contribution >= 0.6 is 0 Å². The number of rotatable bonds is 4. The smallest absolute Gasteiger partial charge is 0.336 e. The molecule has 0 aromatic heterocycles. The summed E-state index contributed by atoms with van der Waals surface area (Å²) in [7, 11) is 1.74. The first-order valence-corrected chi connectivity index (χ1v) is 5.19. The summed E-state index contributed by atoms with van der Waals surface area (Å²) in [6.45, 7) is 7.28. The van der Waals surface area contributed by atoms with E-state index < -0.39 is 5.97 Å². The first-order valence-electron chi connectivity index (χ1n) is 5.19. The Kier molecular flexibility index (Phi) is 4.04. The average Bonchev–Trinajstić information content (AvgIpc) is 2.29. The van der Waals surface area contributed by atoms with Gasteiger partial charge in [0, 0.05) is 19.3 Å². The predicted molar refractivity (Wildman–Crippen MR) is 69.0 cm³/mol. The molecule has 0 spiro atoms. The largest absolute Gasteiger partial charge is 0.478 e. The predicted octanol–water partition coefficient (Wildman–Crippen LogP) is 2.68. The zero-order valence-electron chi connectivity index (χ0n) is 10.3. The fourth-order valence-electron chi connectivity index (χ4n) is 1.71. The average molecular weight is 232 g/mol. The van der Waals surface area contributed by atoms with Gasteiger partial charge in [0.25, 0.3) is 0 Å². The van der Waals surface area contributed by atoms with Gasteiger partial charge in [-0.15, -0.1) is 0 Å². The topological polar surface area (TPSA) is 52.9 Å². The molecule has 0 radical (unpaired) electrons. The van der Waals surface area contributed by atoms with Crippen molar-refractivity contribution in [1.29, 1.82) is 0 Å². The van der Waals surface area contributed by atoms with Crippen LogP contribution in [0.4, 0.5) is 0 Å². The number of hydrogen-bond acceptors (Lipinski definition) is 3. The highest BCUT2D eigenvalue weighted by Gasteiger charge is 2.16. The Balaban J connectivity index is 3.45. The van der Waals surface area contributed by atoms with Gasteiger partial charge in [-0.05, 0) is 19.9 Å². The lowest BCUT2D eigenvalue weighted by molar-refractivity contribution is 0.0696. The first kappa shape index (κ1) is 13.0. The van der Waals surface area contributed by atoms with Crippen molar-refractivity contribution in [2.24, 2.45) is 5.10 Å². The number of carboxylic acid groups (broad SMARTS) is 1. The summed E-state index contributed by atoms with van der Waals surface area (Å²) in [6, 6.07) is 6.86. The minimum absolute atomic E-state index is 0.263. The third-order valence-corrected chi connectivity index (χ3v) is 2.42. The molecule has 17 heavy (non-hydrogen) atoms. The molecule has 0 fully saturated rings. The van der Waals surface area contributed by atoms with Crippen molar-refractivity contribution in [2.45, 2.75) is 13.8 Å². The van der Waals surface area contributed by atoms with E-state index in [4.69, 9.17) is 5.11 Å². The SMILES string of the molecule is C=NN(C)C(=C(C)C)c1ccccc1C(=O)O. The summed E-state index contributed by atoms with van der Waals surface area (Å²) in [6.07, 6.45) is 0. The highest BCUT2D eigenvalue weighted by Crippen LogP contribution is 2.25. The minimum Gasteiger partial charge on any atom is -0.478 e. The molecule has 0 unspecified atom stereocenters. The number of allylic oxidation sites excluding steroid dienone is 1. The Morgan fingerprint density at radius 3 is 2.24 bits per heavy atom. The number of carbonyl (C=O) groups is 1. The minimum atomic E-state index is -0.947. The van der Waals surface area contributed by atoms with Crippen LogP contribution in [0.15, 0.2) is 34.9 Å². The fourth-order valence-corrected chi connectivity index (χ4v) is 1.71. The number of hydrazone groups is 1. The van der Waals surface area contributed by atoms with E-state index in [1.807, 2.05) is 19.9 Å². The Labute approximate surface area is 101 Å². The monoisotopic (exact) mass is 232 g/mol. The van der Waals surface area contributed by atoms with Gasteiger partial charge in [-0.2, -0.15) is 5.10 Å². The second kappa shape index (κ2) is 5.30. The second-order valence-corrected chi connectivity index (χ2v) is 3.86. The summed E-state index contributed by atoms with van der Waals surface area (Å²) in [4.78, 5) is 11.2. The van der Waals surface area contributed by atoms with E-state index in [1.165, 1.54) is 0 Å². The maximum absolute atomic E-state index is 11.2. The maximum atomic E-state index is 11.2. The van der Waals surface area contributed by atoms with Gasteiger partial charge in [0.1, 0.15) is 0 Å². The van der Waals surface area contributed by atoms with E-state index in [0.717, 1.165) is 11.3 Å². The summed E-state index contributed by atoms with van der Waals surface area (Å²) >= 11 is 0. The molecule has 0 aliphatic carbocycles. The van der Waals surface area contributed by atoms with E-state index in [-0.39, 0.29) is 5.56 Å². The van der Waals surface area contributed by atoms with Crippen LogP contribution < -0.4 is 0 Å². The number of carboxylic acids is 1. The van der Waals surface area contributed by atoms with Gasteiger partial charge in [-0.25, -0.2) is 4.79 Å². The van der Waals surface area contributed by atoms with Crippen molar-refractivity contribution in [3.63, 3.8) is 0 Å². The molecule has 0 heterocycles. The molecule has 4 nitrogen and oxygen atoms in total. The van der Waals surface area contributed by atoms with Gasteiger partial charge in [0.2, 0.25) is 0 Å². The van der Waals surface area contributed by atoms with E-state index >= 15 is 0 Å². The number of aromatic carboxylic acids is 1. The van der Waals surface area contributed by atoms with Gasteiger partial charge in [-0.1, -0.05) is 23.8 Å². The lowest BCUT2D eigenvalue weighted by Crippen LogP contribution is -2.13. The van der Waals surface area contributed by atoms with Crippen LogP contribution in [0, 0.1) is 0 Å². The fraction of sp³-hybridized carbons (Fsp3) is 0.231. The molecule has 1 aromatic rings. The third kappa shape index (κ3) is 2.72. The van der Waals surface area contributed by atoms with Gasteiger partial charge < -0.3 is 5.11 Å². The number of benzene rings is 1. The van der Waals surface area contributed by atoms with Crippen molar-refractivity contribution >= 4 is 18.4 Å². The molecule has 0 saturated carbocycles. The molecule has 90 valence electrons. The van der Waals surface area contributed by atoms with Crippen molar-refractivity contribution in [1.82, 2.24) is 5.01 Å². The Bertz CT molecular complexity index is 474. The Morgan fingerprint density at radius 1 is 1.29 bits per heavy atom. The van der Waals surface area contributed by atoms with Crippen LogP contribution in [0.2, 0.25) is 0 Å². The molecule has 0 saturated heterocycles. The molecule has 0 aliphatic rings. The molecule has 4 heteroatoms. The molecular formula is C13H16N2O2. The Hall–Kier alpha value is -2.10. The van der Waals surface area contributed by atoms with Crippen LogP contribution in [0.25, 0.3) is 5.70 Å². The first-order chi connectivity index (χ1) is 7.99. The van der Waals surface area contributed by atoms with E-state index in [9.17, 15) is 4.79 Å². The molecule has 0 amide bonds. The lowest BCUT2D eigenvalue weighted by Gasteiger charge is -2.20. The summed E-state index contributed by atoms with van der Waals surface area (Å²) in [5.74, 6) is -0.947. The van der Waals surface area contributed by atoms with Crippen molar-refractivity contribution < 1.29 is 9.90 Å². The third-order valence-electron chi connectivity index (χ3n) is 2.42. The quantitative estimate of drug-likeness (QED) is 0.641. The molecule has 0 bridgehead atoms. The zero-order chi connectivity index (χ0) is 13.0. The standard InChI is InChI=1S/C13H16N2O2/c1-9(2)12(15(4)14-3)10-7-5-6-8-11(10)13(16)17/h5-8H,3H2,1-2,4H3,(H,16,17). The van der Waals surface area contributed by atoms with E-state index in [0.29, 0.717) is 5.56 Å². The number of hydrogen-bond donors (Lipinski definition) is 1. The van der Waals surface area contributed by atoms with Crippen LogP contribution in [0.1, 0.15) is 29.8 Å². The molecule has 1 N–H and O–H groups in total. The highest BCUT2D eigenvalue weighted by molar-refractivity contribution is 5.94. The van der Waals surface area contributed by atoms with Crippen LogP contribution in [0.3, 0.4) is 0 Å². The van der Waals surface area contributed by atoms with Gasteiger partial charge in [0.15, 0.2) is 0 Å². The van der Waals surface area contributed by atoms with Gasteiger partial charge in [-0.3, -0.25) is 5.01 Å². The Morgan fingerprint density at radius 2 is 1.82 bits per heavy atom. The van der Waals surface area contributed by atoms with Gasteiger partial charge >= 0.3 is 5.97 Å². The van der Waals surface area contributed by atoms with E-state index in [1.54, 1.807) is 30.3 Å². The van der Waals surface area contributed by atoms with E-state index in [2.05, 4.69) is 11.8 Å². The molecule has 0 aliphatic heterocycles. The summed E-state index contributed by atoms with van der Waals surface area (Å²) in [5.41, 5.74) is 2.65. The number of nitrogens with zero attached hydrogens (tertiary/aromatic N) is 2. The summed E-state index contributed by atoms with van der Waals surface area (Å²) < 4.78 is 0.